The van der Waals surface area contributed by atoms with Crippen LogP contribution in [0.25, 0.3) is 0 Å². The van der Waals surface area contributed by atoms with Gasteiger partial charge in [-0.2, -0.15) is 5.26 Å². The molecule has 0 N–H and O–H groups in total. The van der Waals surface area contributed by atoms with Crippen molar-refractivity contribution in [3.05, 3.63) is 28.7 Å². The van der Waals surface area contributed by atoms with Crippen molar-refractivity contribution >= 4 is 38.5 Å². The van der Waals surface area contributed by atoms with E-state index in [1.807, 2.05) is 24.3 Å². The van der Waals surface area contributed by atoms with Crippen molar-refractivity contribution < 1.29 is 0 Å². The molecule has 0 unspecified atom stereocenters. The van der Waals surface area contributed by atoms with Crippen LogP contribution in [-0.4, -0.2) is 28.9 Å². The highest BCUT2D eigenvalue weighted by Gasteiger charge is 2.18. The summed E-state index contributed by atoms with van der Waals surface area (Å²) in [5.74, 6) is 1.06. The van der Waals surface area contributed by atoms with Gasteiger partial charge < -0.3 is 4.90 Å². The Hall–Kier alpha value is -0.990. The van der Waals surface area contributed by atoms with Gasteiger partial charge in [0.25, 0.3) is 0 Å². The molecule has 0 spiro atoms. The fourth-order valence-corrected chi connectivity index (χ4v) is 2.85. The second-order valence-electron chi connectivity index (χ2n) is 3.61. The summed E-state index contributed by atoms with van der Waals surface area (Å²) in [5.41, 5.74) is 0.958. The number of amidine groups is 1. The summed E-state index contributed by atoms with van der Waals surface area (Å²) >= 11 is 5.16. The third-order valence-electron chi connectivity index (χ3n) is 2.41. The topological polar surface area (TPSA) is 39.4 Å². The van der Waals surface area contributed by atoms with Crippen LogP contribution in [0.15, 0.2) is 33.7 Å². The van der Waals surface area contributed by atoms with Crippen LogP contribution in [0.3, 0.4) is 0 Å². The van der Waals surface area contributed by atoms with Crippen LogP contribution in [0.2, 0.25) is 0 Å². The van der Waals surface area contributed by atoms with Gasteiger partial charge in [0.15, 0.2) is 5.17 Å². The zero-order valence-electron chi connectivity index (χ0n) is 9.27. The maximum atomic E-state index is 8.60. The molecule has 0 radical (unpaired) electrons. The monoisotopic (exact) mass is 309 g/mol. The van der Waals surface area contributed by atoms with Crippen molar-refractivity contribution in [2.24, 2.45) is 4.99 Å². The van der Waals surface area contributed by atoms with Crippen LogP contribution in [0.5, 0.6) is 0 Å². The summed E-state index contributed by atoms with van der Waals surface area (Å²) in [7, 11) is 0. The predicted octanol–water partition coefficient (Wildman–Crippen LogP) is 3.40. The largest absolute Gasteiger partial charge is 0.349 e. The molecule has 1 fully saturated rings. The minimum Gasteiger partial charge on any atom is -0.349 e. The molecule has 5 heteroatoms. The van der Waals surface area contributed by atoms with Crippen molar-refractivity contribution in [3.63, 3.8) is 0 Å². The lowest BCUT2D eigenvalue weighted by atomic mass is 10.3. The zero-order chi connectivity index (χ0) is 12.1. The third-order valence-corrected chi connectivity index (χ3v) is 3.93. The van der Waals surface area contributed by atoms with Crippen LogP contribution >= 0.6 is 27.7 Å². The van der Waals surface area contributed by atoms with Crippen molar-refractivity contribution in [2.75, 3.05) is 18.8 Å². The van der Waals surface area contributed by atoms with Gasteiger partial charge in [-0.25, -0.2) is 4.99 Å². The predicted molar refractivity (Wildman–Crippen MR) is 75.5 cm³/mol. The Morgan fingerprint density at radius 2 is 2.18 bits per heavy atom. The van der Waals surface area contributed by atoms with Gasteiger partial charge in [0, 0.05) is 23.3 Å². The van der Waals surface area contributed by atoms with Gasteiger partial charge >= 0.3 is 0 Å². The molecule has 0 aromatic heterocycles. The van der Waals surface area contributed by atoms with E-state index in [2.05, 4.69) is 31.9 Å². The number of nitriles is 1. The van der Waals surface area contributed by atoms with E-state index >= 15 is 0 Å². The molecular weight excluding hydrogens is 298 g/mol. The summed E-state index contributed by atoms with van der Waals surface area (Å²) in [6, 6.07) is 10.1. The number of benzene rings is 1. The molecule has 1 saturated heterocycles. The van der Waals surface area contributed by atoms with Crippen LogP contribution in [0.4, 0.5) is 5.69 Å². The fourth-order valence-electron chi connectivity index (χ4n) is 1.56. The molecule has 1 aromatic rings. The molecule has 3 nitrogen and oxygen atoms in total. The number of hydrogen-bond acceptors (Lipinski definition) is 3. The van der Waals surface area contributed by atoms with E-state index in [4.69, 9.17) is 5.26 Å². The van der Waals surface area contributed by atoms with Crippen molar-refractivity contribution in [2.45, 2.75) is 6.42 Å². The van der Waals surface area contributed by atoms with E-state index < -0.39 is 0 Å². The Kier molecular flexibility index (Phi) is 4.46. The molecule has 88 valence electrons. The highest BCUT2D eigenvalue weighted by atomic mass is 79.9. The molecule has 1 aliphatic rings. The molecule has 2 rings (SSSR count). The van der Waals surface area contributed by atoms with Gasteiger partial charge in [0.1, 0.15) is 0 Å². The van der Waals surface area contributed by atoms with Crippen LogP contribution in [-0.2, 0) is 0 Å². The third kappa shape index (κ3) is 3.48. The fraction of sp³-hybridized carbons (Fsp3) is 0.333. The summed E-state index contributed by atoms with van der Waals surface area (Å²) in [6.07, 6.45) is 0.555. The van der Waals surface area contributed by atoms with Gasteiger partial charge in [-0.1, -0.05) is 27.7 Å². The quantitative estimate of drug-likeness (QED) is 0.859. The van der Waals surface area contributed by atoms with E-state index in [9.17, 15) is 0 Å². The van der Waals surface area contributed by atoms with Crippen LogP contribution < -0.4 is 0 Å². The second-order valence-corrected chi connectivity index (χ2v) is 5.59. The molecule has 0 bridgehead atoms. The van der Waals surface area contributed by atoms with Crippen LogP contribution in [0.1, 0.15) is 6.42 Å². The first-order valence-electron chi connectivity index (χ1n) is 5.38. The Morgan fingerprint density at radius 1 is 1.41 bits per heavy atom. The maximum absolute atomic E-state index is 8.60. The molecule has 0 amide bonds. The Balaban J connectivity index is 2.09. The molecule has 0 atom stereocenters. The summed E-state index contributed by atoms with van der Waals surface area (Å²) < 4.78 is 1.06. The average molecular weight is 310 g/mol. The van der Waals surface area contributed by atoms with E-state index in [0.717, 1.165) is 34.2 Å². The lowest BCUT2D eigenvalue weighted by Gasteiger charge is -2.15. The highest BCUT2D eigenvalue weighted by molar-refractivity contribution is 9.10. The standard InChI is InChI=1S/C12H12BrN3S/c13-10-2-4-11(5-3-10)15-12-16(7-1-6-14)8-9-17-12/h2-5H,1,7-9H2. The molecule has 17 heavy (non-hydrogen) atoms. The van der Waals surface area contributed by atoms with Crippen molar-refractivity contribution in [1.82, 2.24) is 4.90 Å². The first-order chi connectivity index (χ1) is 8.29. The first-order valence-corrected chi connectivity index (χ1v) is 7.16. The minimum atomic E-state index is 0.555. The zero-order valence-corrected chi connectivity index (χ0v) is 11.7. The Morgan fingerprint density at radius 3 is 2.88 bits per heavy atom. The smallest absolute Gasteiger partial charge is 0.164 e. The molecule has 1 aromatic carbocycles. The van der Waals surface area contributed by atoms with Crippen molar-refractivity contribution in [3.8, 4) is 6.07 Å². The number of nitrogens with zero attached hydrogens (tertiary/aromatic N) is 3. The number of aliphatic imine (C=N–C) groups is 1. The molecular formula is C12H12BrN3S. The lowest BCUT2D eigenvalue weighted by Crippen LogP contribution is -2.25. The van der Waals surface area contributed by atoms with E-state index in [1.54, 1.807) is 11.8 Å². The Labute approximate surface area is 114 Å². The van der Waals surface area contributed by atoms with E-state index in [-0.39, 0.29) is 0 Å². The first kappa shape index (κ1) is 12.5. The second kappa shape index (κ2) is 6.08. The van der Waals surface area contributed by atoms with E-state index in [0.29, 0.717) is 6.42 Å². The Bertz CT molecular complexity index is 450. The van der Waals surface area contributed by atoms with Gasteiger partial charge in [0.2, 0.25) is 0 Å². The number of rotatable bonds is 3. The van der Waals surface area contributed by atoms with E-state index in [1.165, 1.54) is 0 Å². The summed E-state index contributed by atoms with van der Waals surface area (Å²) in [4.78, 5) is 6.79. The number of halogens is 1. The van der Waals surface area contributed by atoms with Crippen LogP contribution in [0, 0.1) is 11.3 Å². The molecule has 1 aliphatic heterocycles. The van der Waals surface area contributed by atoms with Gasteiger partial charge in [-0.05, 0) is 24.3 Å². The molecule has 0 aliphatic carbocycles. The minimum absolute atomic E-state index is 0.555. The summed E-state index contributed by atoms with van der Waals surface area (Å²) in [5, 5.41) is 9.63. The SMILES string of the molecule is N#CCCN1CCSC1=Nc1ccc(Br)cc1. The normalized spacial score (nSPS) is 17.4. The van der Waals surface area contributed by atoms with Crippen molar-refractivity contribution in [1.29, 1.82) is 5.26 Å². The maximum Gasteiger partial charge on any atom is 0.164 e. The number of hydrogen-bond donors (Lipinski definition) is 0. The molecule has 0 saturated carbocycles. The van der Waals surface area contributed by atoms with Gasteiger partial charge in [-0.15, -0.1) is 0 Å². The lowest BCUT2D eigenvalue weighted by molar-refractivity contribution is 0.472. The molecule has 1 heterocycles. The number of thioether (sulfide) groups is 1. The van der Waals surface area contributed by atoms with Gasteiger partial charge in [0.05, 0.1) is 18.2 Å². The van der Waals surface area contributed by atoms with Gasteiger partial charge in [-0.3, -0.25) is 0 Å². The average Bonchev–Trinajstić information content (AvgIpc) is 2.77. The highest BCUT2D eigenvalue weighted by Crippen LogP contribution is 2.23. The summed E-state index contributed by atoms with van der Waals surface area (Å²) in [6.45, 7) is 1.76.